The molecule has 3 nitrogen and oxygen atoms in total. The lowest BCUT2D eigenvalue weighted by Crippen LogP contribution is -2.50. The predicted molar refractivity (Wildman–Crippen MR) is 87.1 cm³/mol. The van der Waals surface area contributed by atoms with Gasteiger partial charge in [-0.15, -0.1) is 0 Å². The lowest BCUT2D eigenvalue weighted by Gasteiger charge is -2.32. The molecule has 0 aromatic heterocycles. The highest BCUT2D eigenvalue weighted by Gasteiger charge is 2.28. The van der Waals surface area contributed by atoms with Gasteiger partial charge in [-0.25, -0.2) is 0 Å². The zero-order chi connectivity index (χ0) is 15.2. The largest absolute Gasteiger partial charge is 0.353 e. The van der Waals surface area contributed by atoms with Crippen LogP contribution in [0.25, 0.3) is 0 Å². The first-order valence-corrected chi connectivity index (χ1v) is 8.13. The summed E-state index contributed by atoms with van der Waals surface area (Å²) in [6.45, 7) is 8.48. The van der Waals surface area contributed by atoms with E-state index in [4.69, 9.17) is 0 Å². The third-order valence-electron chi connectivity index (χ3n) is 4.55. The molecule has 1 aromatic carbocycles. The molecule has 1 saturated heterocycles. The molecule has 1 aliphatic rings. The summed E-state index contributed by atoms with van der Waals surface area (Å²) >= 11 is 0. The van der Waals surface area contributed by atoms with Gasteiger partial charge in [0.05, 0.1) is 0 Å². The number of amides is 1. The van der Waals surface area contributed by atoms with Crippen LogP contribution in [0.3, 0.4) is 0 Å². The maximum atomic E-state index is 12.7. The molecule has 3 unspecified atom stereocenters. The van der Waals surface area contributed by atoms with E-state index in [0.717, 1.165) is 25.9 Å². The fraction of sp³-hybridized carbons (Fsp3) is 0.611. The Morgan fingerprint density at radius 3 is 2.67 bits per heavy atom. The fourth-order valence-corrected chi connectivity index (χ4v) is 3.02. The van der Waals surface area contributed by atoms with Crippen molar-refractivity contribution in [1.29, 1.82) is 0 Å². The van der Waals surface area contributed by atoms with E-state index in [2.05, 4.69) is 43.5 Å². The van der Waals surface area contributed by atoms with Crippen LogP contribution in [0.4, 0.5) is 0 Å². The van der Waals surface area contributed by atoms with Gasteiger partial charge in [0.25, 0.3) is 0 Å². The van der Waals surface area contributed by atoms with E-state index in [1.807, 2.05) is 18.2 Å². The Kier molecular flexibility index (Phi) is 5.80. The zero-order valence-electron chi connectivity index (χ0n) is 13.4. The summed E-state index contributed by atoms with van der Waals surface area (Å²) in [5.74, 6) is 1.12. The van der Waals surface area contributed by atoms with E-state index in [1.165, 1.54) is 5.56 Å². The first-order chi connectivity index (χ1) is 10.1. The Labute approximate surface area is 128 Å². The summed E-state index contributed by atoms with van der Waals surface area (Å²) in [4.78, 5) is 12.7. The van der Waals surface area contributed by atoms with Crippen LogP contribution in [0.2, 0.25) is 0 Å². The monoisotopic (exact) mass is 288 g/mol. The topological polar surface area (TPSA) is 41.1 Å². The van der Waals surface area contributed by atoms with Crippen LogP contribution in [0, 0.1) is 17.8 Å². The number of rotatable bonds is 5. The number of carbonyl (C=O) groups excluding carboxylic acids is 1. The van der Waals surface area contributed by atoms with Gasteiger partial charge in [-0.2, -0.15) is 0 Å². The van der Waals surface area contributed by atoms with E-state index in [0.29, 0.717) is 17.9 Å². The second-order valence-electron chi connectivity index (χ2n) is 6.63. The normalized spacial score (nSPS) is 23.8. The molecule has 0 spiro atoms. The van der Waals surface area contributed by atoms with Crippen LogP contribution in [0.15, 0.2) is 30.3 Å². The molecular formula is C18H28N2O. The minimum Gasteiger partial charge on any atom is -0.353 e. The minimum atomic E-state index is 0.0504. The number of hydrogen-bond acceptors (Lipinski definition) is 2. The zero-order valence-corrected chi connectivity index (χ0v) is 13.4. The standard InChI is InChI=1S/C18H28N2O/c1-13(2)16(11-15-7-5-4-6-8-15)18(21)20-17-9-10-19-12-14(17)3/h4-8,13-14,16-17,19H,9-12H2,1-3H3,(H,20,21). The van der Waals surface area contributed by atoms with Gasteiger partial charge in [0.15, 0.2) is 0 Å². The van der Waals surface area contributed by atoms with Crippen molar-refractivity contribution in [2.75, 3.05) is 13.1 Å². The molecular weight excluding hydrogens is 260 g/mol. The van der Waals surface area contributed by atoms with E-state index in [1.54, 1.807) is 0 Å². The Balaban J connectivity index is 1.98. The van der Waals surface area contributed by atoms with Gasteiger partial charge in [-0.3, -0.25) is 4.79 Å². The summed E-state index contributed by atoms with van der Waals surface area (Å²) in [7, 11) is 0. The van der Waals surface area contributed by atoms with Gasteiger partial charge in [-0.05, 0) is 43.3 Å². The molecule has 1 aliphatic heterocycles. The third-order valence-corrected chi connectivity index (χ3v) is 4.55. The van der Waals surface area contributed by atoms with Crippen LogP contribution < -0.4 is 10.6 Å². The molecule has 116 valence electrons. The van der Waals surface area contributed by atoms with Gasteiger partial charge in [0.2, 0.25) is 5.91 Å². The molecule has 1 fully saturated rings. The van der Waals surface area contributed by atoms with Gasteiger partial charge in [-0.1, -0.05) is 51.1 Å². The van der Waals surface area contributed by atoms with E-state index >= 15 is 0 Å². The highest BCUT2D eigenvalue weighted by Crippen LogP contribution is 2.19. The number of hydrogen-bond donors (Lipinski definition) is 2. The molecule has 3 atom stereocenters. The van der Waals surface area contributed by atoms with E-state index in [-0.39, 0.29) is 11.8 Å². The van der Waals surface area contributed by atoms with E-state index < -0.39 is 0 Å². The average molecular weight is 288 g/mol. The first kappa shape index (κ1) is 16.0. The van der Waals surface area contributed by atoms with Crippen molar-refractivity contribution in [3.8, 4) is 0 Å². The molecule has 1 amide bonds. The predicted octanol–water partition coefficient (Wildman–Crippen LogP) is 2.62. The SMILES string of the molecule is CC(C)C(Cc1ccccc1)C(=O)NC1CCNCC1C. The molecule has 0 aliphatic carbocycles. The van der Waals surface area contributed by atoms with Crippen molar-refractivity contribution >= 4 is 5.91 Å². The lowest BCUT2D eigenvalue weighted by molar-refractivity contribution is -0.127. The summed E-state index contributed by atoms with van der Waals surface area (Å²) < 4.78 is 0. The van der Waals surface area contributed by atoms with Crippen molar-refractivity contribution < 1.29 is 4.79 Å². The van der Waals surface area contributed by atoms with Crippen LogP contribution >= 0.6 is 0 Å². The average Bonchev–Trinajstić information content (AvgIpc) is 2.48. The highest BCUT2D eigenvalue weighted by atomic mass is 16.2. The quantitative estimate of drug-likeness (QED) is 0.874. The lowest BCUT2D eigenvalue weighted by atomic mass is 9.87. The summed E-state index contributed by atoms with van der Waals surface area (Å²) in [5, 5.41) is 6.67. The van der Waals surface area contributed by atoms with Crippen molar-refractivity contribution in [3.63, 3.8) is 0 Å². The molecule has 0 bridgehead atoms. The number of piperidine rings is 1. The third kappa shape index (κ3) is 4.57. The van der Waals surface area contributed by atoms with Gasteiger partial charge < -0.3 is 10.6 Å². The summed E-state index contributed by atoms with van der Waals surface area (Å²) in [6, 6.07) is 10.6. The fourth-order valence-electron chi connectivity index (χ4n) is 3.02. The molecule has 1 aromatic rings. The highest BCUT2D eigenvalue weighted by molar-refractivity contribution is 5.79. The molecule has 3 heteroatoms. The van der Waals surface area contributed by atoms with Crippen LogP contribution in [0.1, 0.15) is 32.8 Å². The second-order valence-corrected chi connectivity index (χ2v) is 6.63. The minimum absolute atomic E-state index is 0.0504. The summed E-state index contributed by atoms with van der Waals surface area (Å²) in [6.07, 6.45) is 1.85. The van der Waals surface area contributed by atoms with Crippen molar-refractivity contribution in [2.45, 2.75) is 39.7 Å². The van der Waals surface area contributed by atoms with Gasteiger partial charge in [0.1, 0.15) is 0 Å². The maximum absolute atomic E-state index is 12.7. The van der Waals surface area contributed by atoms with Crippen LogP contribution in [-0.4, -0.2) is 25.0 Å². The first-order valence-electron chi connectivity index (χ1n) is 8.13. The Morgan fingerprint density at radius 1 is 1.33 bits per heavy atom. The van der Waals surface area contributed by atoms with Gasteiger partial charge >= 0.3 is 0 Å². The number of nitrogens with one attached hydrogen (secondary N) is 2. The number of benzene rings is 1. The van der Waals surface area contributed by atoms with Crippen LogP contribution in [0.5, 0.6) is 0 Å². The maximum Gasteiger partial charge on any atom is 0.223 e. The second kappa shape index (κ2) is 7.60. The summed E-state index contributed by atoms with van der Waals surface area (Å²) in [5.41, 5.74) is 1.24. The smallest absolute Gasteiger partial charge is 0.223 e. The molecule has 2 rings (SSSR count). The van der Waals surface area contributed by atoms with Crippen molar-refractivity contribution in [3.05, 3.63) is 35.9 Å². The number of carbonyl (C=O) groups is 1. The molecule has 21 heavy (non-hydrogen) atoms. The Morgan fingerprint density at radius 2 is 2.05 bits per heavy atom. The van der Waals surface area contributed by atoms with Crippen molar-refractivity contribution in [2.24, 2.45) is 17.8 Å². The van der Waals surface area contributed by atoms with Gasteiger partial charge in [0, 0.05) is 12.0 Å². The molecule has 0 saturated carbocycles. The molecule has 2 N–H and O–H groups in total. The van der Waals surface area contributed by atoms with Crippen molar-refractivity contribution in [1.82, 2.24) is 10.6 Å². The molecule has 1 heterocycles. The molecule has 0 radical (unpaired) electrons. The Bertz CT molecular complexity index is 444. The van der Waals surface area contributed by atoms with E-state index in [9.17, 15) is 4.79 Å². The Hall–Kier alpha value is -1.35. The van der Waals surface area contributed by atoms with Crippen LogP contribution in [-0.2, 0) is 11.2 Å².